The van der Waals surface area contributed by atoms with Crippen LogP contribution in [0.3, 0.4) is 0 Å². The van der Waals surface area contributed by atoms with Crippen LogP contribution in [0.15, 0.2) is 36.7 Å². The van der Waals surface area contributed by atoms with E-state index in [0.717, 1.165) is 24.6 Å². The fourth-order valence-corrected chi connectivity index (χ4v) is 2.25. The highest BCUT2D eigenvalue weighted by Gasteiger charge is 2.21. The average Bonchev–Trinajstić information content (AvgIpc) is 2.39. The minimum absolute atomic E-state index is 0.497. The molecule has 1 aromatic heterocycles. The number of hydrogen-bond donors (Lipinski definition) is 1. The Hall–Kier alpha value is -2.30. The van der Waals surface area contributed by atoms with E-state index in [0.29, 0.717) is 5.82 Å². The Morgan fingerprint density at radius 3 is 2.67 bits per heavy atom. The summed E-state index contributed by atoms with van der Waals surface area (Å²) >= 11 is 0. The number of anilines is 4. The van der Waals surface area contributed by atoms with E-state index >= 15 is 0 Å². The van der Waals surface area contributed by atoms with Gasteiger partial charge in [-0.2, -0.15) is 0 Å². The molecule has 0 bridgehead atoms. The van der Waals surface area contributed by atoms with Crippen LogP contribution in [0.2, 0.25) is 0 Å². The van der Waals surface area contributed by atoms with Crippen molar-refractivity contribution in [1.29, 1.82) is 0 Å². The third kappa shape index (κ3) is 1.73. The normalized spacial score (nSPS) is 14.5. The lowest BCUT2D eigenvalue weighted by molar-refractivity contribution is 0.812. The van der Waals surface area contributed by atoms with Crippen molar-refractivity contribution in [2.45, 2.75) is 0 Å². The maximum absolute atomic E-state index is 5.72. The molecule has 0 atom stereocenters. The molecule has 5 nitrogen and oxygen atoms in total. The summed E-state index contributed by atoms with van der Waals surface area (Å²) in [4.78, 5) is 12.7. The number of fused-ring (bicyclic) bond motifs is 1. The molecule has 0 unspecified atom stereocenters. The smallest absolute Gasteiger partial charge is 0.138 e. The van der Waals surface area contributed by atoms with E-state index in [4.69, 9.17) is 5.73 Å². The molecule has 0 saturated heterocycles. The van der Waals surface area contributed by atoms with Gasteiger partial charge >= 0.3 is 0 Å². The maximum atomic E-state index is 5.72. The van der Waals surface area contributed by atoms with Crippen LogP contribution in [0.25, 0.3) is 0 Å². The predicted molar refractivity (Wildman–Crippen MR) is 73.2 cm³/mol. The van der Waals surface area contributed by atoms with Gasteiger partial charge in [0.15, 0.2) is 0 Å². The number of nitrogen functional groups attached to an aromatic ring is 1. The first kappa shape index (κ1) is 10.8. The van der Waals surface area contributed by atoms with Crippen molar-refractivity contribution in [3.63, 3.8) is 0 Å². The molecule has 92 valence electrons. The molecule has 0 aliphatic carbocycles. The molecular formula is C13H15N5. The highest BCUT2D eigenvalue weighted by Crippen LogP contribution is 2.35. The van der Waals surface area contributed by atoms with Crippen LogP contribution in [0.4, 0.5) is 23.0 Å². The summed E-state index contributed by atoms with van der Waals surface area (Å²) in [5, 5.41) is 0. The molecule has 1 aromatic carbocycles. The topological polar surface area (TPSA) is 58.3 Å². The van der Waals surface area contributed by atoms with E-state index in [1.165, 1.54) is 12.0 Å². The van der Waals surface area contributed by atoms with Crippen LogP contribution < -0.4 is 15.5 Å². The quantitative estimate of drug-likeness (QED) is 0.822. The molecule has 1 aliphatic heterocycles. The lowest BCUT2D eigenvalue weighted by Crippen LogP contribution is -2.36. The van der Waals surface area contributed by atoms with E-state index in [-0.39, 0.29) is 0 Å². The van der Waals surface area contributed by atoms with Crippen molar-refractivity contribution in [2.24, 2.45) is 0 Å². The van der Waals surface area contributed by atoms with Gasteiger partial charge in [-0.05, 0) is 12.1 Å². The zero-order valence-corrected chi connectivity index (χ0v) is 10.2. The molecule has 1 aliphatic rings. The minimum Gasteiger partial charge on any atom is -0.384 e. The van der Waals surface area contributed by atoms with Gasteiger partial charge in [0.25, 0.3) is 0 Å². The number of nitrogens with two attached hydrogens (primary N) is 1. The molecule has 0 amide bonds. The molecular weight excluding hydrogens is 226 g/mol. The van der Waals surface area contributed by atoms with Gasteiger partial charge in [0.1, 0.15) is 18.0 Å². The van der Waals surface area contributed by atoms with E-state index in [1.54, 1.807) is 0 Å². The zero-order valence-electron chi connectivity index (χ0n) is 10.2. The van der Waals surface area contributed by atoms with Crippen molar-refractivity contribution in [2.75, 3.05) is 35.7 Å². The number of aromatic nitrogens is 2. The summed E-state index contributed by atoms with van der Waals surface area (Å²) in [5.41, 5.74) is 8.09. The second-order valence-corrected chi connectivity index (χ2v) is 4.36. The molecule has 2 N–H and O–H groups in total. The SMILES string of the molecule is CN1CCN(c2cc(N)ncn2)c2ccccc21. The van der Waals surface area contributed by atoms with Gasteiger partial charge in [-0.15, -0.1) is 0 Å². The van der Waals surface area contributed by atoms with Crippen molar-refractivity contribution >= 4 is 23.0 Å². The van der Waals surface area contributed by atoms with E-state index in [1.807, 2.05) is 18.2 Å². The number of hydrogen-bond acceptors (Lipinski definition) is 5. The number of benzene rings is 1. The predicted octanol–water partition coefficient (Wildman–Crippen LogP) is 1.65. The van der Waals surface area contributed by atoms with Crippen LogP contribution in [0.5, 0.6) is 0 Å². The third-order valence-corrected chi connectivity index (χ3v) is 3.19. The number of nitrogens with zero attached hydrogens (tertiary/aromatic N) is 4. The first-order valence-corrected chi connectivity index (χ1v) is 5.91. The summed E-state index contributed by atoms with van der Waals surface area (Å²) in [7, 11) is 2.10. The van der Waals surface area contributed by atoms with Crippen molar-refractivity contribution in [3.8, 4) is 0 Å². The molecule has 2 heterocycles. The fourth-order valence-electron chi connectivity index (χ4n) is 2.25. The first-order chi connectivity index (χ1) is 8.75. The molecule has 2 aromatic rings. The van der Waals surface area contributed by atoms with Crippen LogP contribution in [-0.2, 0) is 0 Å². The zero-order chi connectivity index (χ0) is 12.5. The molecule has 18 heavy (non-hydrogen) atoms. The van der Waals surface area contributed by atoms with Crippen LogP contribution in [-0.4, -0.2) is 30.1 Å². The van der Waals surface area contributed by atoms with Crippen molar-refractivity contribution in [1.82, 2.24) is 9.97 Å². The van der Waals surface area contributed by atoms with E-state index in [9.17, 15) is 0 Å². The van der Waals surface area contributed by atoms with Crippen molar-refractivity contribution < 1.29 is 0 Å². The number of rotatable bonds is 1. The Bertz CT molecular complexity index is 569. The van der Waals surface area contributed by atoms with Gasteiger partial charge in [-0.25, -0.2) is 9.97 Å². The second-order valence-electron chi connectivity index (χ2n) is 4.36. The standard InChI is InChI=1S/C13H15N5/c1-17-6-7-18(11-5-3-2-4-10(11)17)13-8-12(14)15-9-16-13/h2-5,8-9H,6-7H2,1H3,(H2,14,15,16). The Kier molecular flexibility index (Phi) is 2.51. The number of para-hydroxylation sites is 2. The Morgan fingerprint density at radius 1 is 1.11 bits per heavy atom. The third-order valence-electron chi connectivity index (χ3n) is 3.19. The van der Waals surface area contributed by atoms with Gasteiger partial charge in [0.05, 0.1) is 11.4 Å². The fraction of sp³-hybridized carbons (Fsp3) is 0.231. The Morgan fingerprint density at radius 2 is 1.89 bits per heavy atom. The Labute approximate surface area is 106 Å². The summed E-state index contributed by atoms with van der Waals surface area (Å²) in [6.07, 6.45) is 1.51. The van der Waals surface area contributed by atoms with Gasteiger partial charge in [-0.1, -0.05) is 12.1 Å². The summed E-state index contributed by atoms with van der Waals surface area (Å²) in [6.45, 7) is 1.85. The van der Waals surface area contributed by atoms with Crippen LogP contribution >= 0.6 is 0 Å². The molecule has 5 heteroatoms. The van der Waals surface area contributed by atoms with Gasteiger partial charge < -0.3 is 15.5 Å². The molecule has 3 rings (SSSR count). The molecule has 0 fully saturated rings. The van der Waals surface area contributed by atoms with Crippen LogP contribution in [0.1, 0.15) is 0 Å². The van der Waals surface area contributed by atoms with E-state index < -0.39 is 0 Å². The van der Waals surface area contributed by atoms with E-state index in [2.05, 4.69) is 38.9 Å². The second kappa shape index (κ2) is 4.18. The highest BCUT2D eigenvalue weighted by molar-refractivity contribution is 5.78. The summed E-state index contributed by atoms with van der Waals surface area (Å²) < 4.78 is 0. The molecule has 0 radical (unpaired) electrons. The Balaban J connectivity index is 2.07. The van der Waals surface area contributed by atoms with Crippen molar-refractivity contribution in [3.05, 3.63) is 36.7 Å². The van der Waals surface area contributed by atoms with Gasteiger partial charge in [0, 0.05) is 26.2 Å². The first-order valence-electron chi connectivity index (χ1n) is 5.91. The largest absolute Gasteiger partial charge is 0.384 e. The maximum Gasteiger partial charge on any atom is 0.138 e. The lowest BCUT2D eigenvalue weighted by atomic mass is 10.2. The monoisotopic (exact) mass is 241 g/mol. The number of likely N-dealkylation sites (N-methyl/N-ethyl adjacent to an activating group) is 1. The minimum atomic E-state index is 0.497. The highest BCUT2D eigenvalue weighted by atomic mass is 15.3. The van der Waals surface area contributed by atoms with Crippen LogP contribution in [0, 0.1) is 0 Å². The van der Waals surface area contributed by atoms with Gasteiger partial charge in [0.2, 0.25) is 0 Å². The molecule has 0 saturated carbocycles. The average molecular weight is 241 g/mol. The molecule has 0 spiro atoms. The summed E-state index contributed by atoms with van der Waals surface area (Å²) in [6, 6.07) is 10.1. The summed E-state index contributed by atoms with van der Waals surface area (Å²) in [5.74, 6) is 1.35. The lowest BCUT2D eigenvalue weighted by Gasteiger charge is -2.36. The van der Waals surface area contributed by atoms with Gasteiger partial charge in [-0.3, -0.25) is 0 Å².